The van der Waals surface area contributed by atoms with Gasteiger partial charge in [-0.3, -0.25) is 19.0 Å². The van der Waals surface area contributed by atoms with Gasteiger partial charge in [-0.05, 0) is 80.4 Å². The molecule has 0 radical (unpaired) electrons. The first-order chi connectivity index (χ1) is 16.7. The molecule has 4 aromatic rings. The van der Waals surface area contributed by atoms with Gasteiger partial charge in [0.15, 0.2) is 5.16 Å². The summed E-state index contributed by atoms with van der Waals surface area (Å²) in [5.74, 6) is -0.388. The third kappa shape index (κ3) is 5.60. The first kappa shape index (κ1) is 24.2. The van der Waals surface area contributed by atoms with Crippen LogP contribution in [0, 0.1) is 13.8 Å². The zero-order valence-electron chi connectivity index (χ0n) is 20.0. The molecule has 0 bridgehead atoms. The molecule has 0 saturated heterocycles. The van der Waals surface area contributed by atoms with Crippen molar-refractivity contribution in [3.8, 4) is 5.69 Å². The summed E-state index contributed by atoms with van der Waals surface area (Å²) in [5.41, 5.74) is 4.44. The van der Waals surface area contributed by atoms with Gasteiger partial charge in [-0.15, -0.1) is 0 Å². The van der Waals surface area contributed by atoms with E-state index < -0.39 is 5.25 Å². The number of hydrogen-bond acceptors (Lipinski definition) is 5. The lowest BCUT2D eigenvalue weighted by Crippen LogP contribution is -2.26. The Labute approximate surface area is 207 Å². The Morgan fingerprint density at radius 2 is 1.51 bits per heavy atom. The monoisotopic (exact) mass is 486 g/mol. The molecule has 0 aliphatic carbocycles. The predicted octanol–water partition coefficient (Wildman–Crippen LogP) is 5.08. The van der Waals surface area contributed by atoms with Crippen LogP contribution in [0.25, 0.3) is 16.6 Å². The number of para-hydroxylation sites is 1. The second kappa shape index (κ2) is 10.1. The highest BCUT2D eigenvalue weighted by Crippen LogP contribution is 2.27. The van der Waals surface area contributed by atoms with Crippen LogP contribution in [-0.4, -0.2) is 26.6 Å². The van der Waals surface area contributed by atoms with Crippen molar-refractivity contribution in [1.82, 2.24) is 9.55 Å². The number of carbonyl (C=O) groups is 2. The minimum Gasteiger partial charge on any atom is -0.326 e. The maximum atomic E-state index is 13.5. The fourth-order valence-electron chi connectivity index (χ4n) is 3.79. The van der Waals surface area contributed by atoms with Crippen molar-refractivity contribution in [2.24, 2.45) is 0 Å². The number of aromatic nitrogens is 2. The molecule has 1 heterocycles. The van der Waals surface area contributed by atoms with Crippen LogP contribution in [0.5, 0.6) is 0 Å². The van der Waals surface area contributed by atoms with Crippen LogP contribution in [0.15, 0.2) is 76.7 Å². The first-order valence-electron chi connectivity index (χ1n) is 11.2. The quantitative estimate of drug-likeness (QED) is 0.293. The maximum absolute atomic E-state index is 13.5. The number of amides is 2. The number of rotatable bonds is 6. The molecule has 1 aromatic heterocycles. The van der Waals surface area contributed by atoms with Crippen LogP contribution in [0.4, 0.5) is 11.4 Å². The number of thioether (sulfide) groups is 1. The molecule has 0 fully saturated rings. The predicted molar refractivity (Wildman–Crippen MR) is 142 cm³/mol. The zero-order valence-corrected chi connectivity index (χ0v) is 20.8. The van der Waals surface area contributed by atoms with E-state index in [-0.39, 0.29) is 17.4 Å². The molecule has 0 unspecified atom stereocenters. The van der Waals surface area contributed by atoms with Crippen molar-refractivity contribution in [3.63, 3.8) is 0 Å². The van der Waals surface area contributed by atoms with E-state index in [1.807, 2.05) is 44.2 Å². The number of hydrogen-bond donors (Lipinski definition) is 2. The summed E-state index contributed by atoms with van der Waals surface area (Å²) in [4.78, 5) is 42.4. The highest BCUT2D eigenvalue weighted by atomic mass is 32.2. The highest BCUT2D eigenvalue weighted by Gasteiger charge is 2.21. The second-order valence-electron chi connectivity index (χ2n) is 8.41. The van der Waals surface area contributed by atoms with E-state index in [2.05, 4.69) is 10.6 Å². The average molecular weight is 487 g/mol. The molecule has 178 valence electrons. The molecule has 4 rings (SSSR count). The molecule has 0 spiro atoms. The van der Waals surface area contributed by atoms with Crippen molar-refractivity contribution >= 4 is 45.9 Å². The fourth-order valence-corrected chi connectivity index (χ4v) is 4.72. The molecule has 0 aliphatic heterocycles. The number of aryl methyl sites for hydroxylation is 2. The van der Waals surface area contributed by atoms with Gasteiger partial charge in [0.05, 0.1) is 21.8 Å². The fraction of sp³-hybridized carbons (Fsp3) is 0.185. The molecule has 35 heavy (non-hydrogen) atoms. The molecule has 2 amide bonds. The standard InChI is InChI=1S/C27H26N4O3S/c1-16-13-17(2)15-22(14-16)31-26(34)23-7-5-6-8-24(23)30-27(31)35-18(3)25(33)29-21-11-9-20(10-12-21)28-19(4)32/h5-15,18H,1-4H3,(H,28,32)(H,29,33)/t18-/m1/s1. The average Bonchev–Trinajstić information content (AvgIpc) is 2.79. The van der Waals surface area contributed by atoms with Gasteiger partial charge < -0.3 is 10.6 Å². The van der Waals surface area contributed by atoms with Crippen molar-refractivity contribution < 1.29 is 9.59 Å². The van der Waals surface area contributed by atoms with Crippen molar-refractivity contribution in [2.75, 3.05) is 10.6 Å². The Morgan fingerprint density at radius 1 is 0.914 bits per heavy atom. The zero-order chi connectivity index (χ0) is 25.1. The van der Waals surface area contributed by atoms with Crippen LogP contribution >= 0.6 is 11.8 Å². The van der Waals surface area contributed by atoms with Crippen LogP contribution in [-0.2, 0) is 9.59 Å². The number of carbonyl (C=O) groups excluding carboxylic acids is 2. The molecule has 1 atom stereocenters. The number of anilines is 2. The lowest BCUT2D eigenvalue weighted by molar-refractivity contribution is -0.115. The summed E-state index contributed by atoms with van der Waals surface area (Å²) >= 11 is 1.23. The Bertz CT molecular complexity index is 1460. The van der Waals surface area contributed by atoms with Gasteiger partial charge in [-0.25, -0.2) is 4.98 Å². The Hall–Kier alpha value is -3.91. The van der Waals surface area contributed by atoms with Gasteiger partial charge in [0.25, 0.3) is 5.56 Å². The normalized spacial score (nSPS) is 11.8. The van der Waals surface area contributed by atoms with E-state index in [1.54, 1.807) is 47.9 Å². The van der Waals surface area contributed by atoms with Gasteiger partial charge in [0, 0.05) is 18.3 Å². The first-order valence-corrected chi connectivity index (χ1v) is 12.0. The van der Waals surface area contributed by atoms with Crippen LogP contribution in [0.1, 0.15) is 25.0 Å². The van der Waals surface area contributed by atoms with Gasteiger partial charge in [0.1, 0.15) is 0 Å². The minimum absolute atomic E-state index is 0.162. The van der Waals surface area contributed by atoms with Crippen molar-refractivity contribution in [2.45, 2.75) is 38.1 Å². The van der Waals surface area contributed by atoms with Crippen LogP contribution in [0.3, 0.4) is 0 Å². The lowest BCUT2D eigenvalue weighted by Gasteiger charge is -2.17. The largest absolute Gasteiger partial charge is 0.326 e. The summed E-state index contributed by atoms with van der Waals surface area (Å²) in [7, 11) is 0. The van der Waals surface area contributed by atoms with Crippen LogP contribution < -0.4 is 16.2 Å². The Kier molecular flexibility index (Phi) is 7.02. The number of nitrogens with one attached hydrogen (secondary N) is 2. The van der Waals surface area contributed by atoms with Crippen molar-refractivity contribution in [1.29, 1.82) is 0 Å². The molecular formula is C27H26N4O3S. The maximum Gasteiger partial charge on any atom is 0.266 e. The van der Waals surface area contributed by atoms with Gasteiger partial charge in [-0.2, -0.15) is 0 Å². The summed E-state index contributed by atoms with van der Waals surface area (Å²) in [6.45, 7) is 7.18. The smallest absolute Gasteiger partial charge is 0.266 e. The van der Waals surface area contributed by atoms with E-state index in [1.165, 1.54) is 18.7 Å². The van der Waals surface area contributed by atoms with E-state index in [0.29, 0.717) is 27.4 Å². The number of benzene rings is 3. The third-order valence-electron chi connectivity index (χ3n) is 5.33. The Balaban J connectivity index is 1.65. The van der Waals surface area contributed by atoms with E-state index >= 15 is 0 Å². The van der Waals surface area contributed by atoms with Gasteiger partial charge in [0.2, 0.25) is 11.8 Å². The molecule has 0 saturated carbocycles. The minimum atomic E-state index is -0.532. The topological polar surface area (TPSA) is 93.1 Å². The second-order valence-corrected chi connectivity index (χ2v) is 9.71. The summed E-state index contributed by atoms with van der Waals surface area (Å²) < 4.78 is 1.58. The van der Waals surface area contributed by atoms with E-state index in [4.69, 9.17) is 4.98 Å². The molecule has 2 N–H and O–H groups in total. The summed E-state index contributed by atoms with van der Waals surface area (Å²) in [5, 5.41) is 6.01. The SMILES string of the molecule is CC(=O)Nc1ccc(NC(=O)[C@@H](C)Sc2nc3ccccc3c(=O)n2-c2cc(C)cc(C)c2)cc1. The molecule has 7 nitrogen and oxygen atoms in total. The van der Waals surface area contributed by atoms with Crippen LogP contribution in [0.2, 0.25) is 0 Å². The Morgan fingerprint density at radius 3 is 2.14 bits per heavy atom. The van der Waals surface area contributed by atoms with Gasteiger partial charge >= 0.3 is 0 Å². The van der Waals surface area contributed by atoms with E-state index in [9.17, 15) is 14.4 Å². The van der Waals surface area contributed by atoms with Gasteiger partial charge in [-0.1, -0.05) is 30.0 Å². The molecule has 3 aromatic carbocycles. The van der Waals surface area contributed by atoms with E-state index in [0.717, 1.165) is 16.8 Å². The number of nitrogens with zero attached hydrogens (tertiary/aromatic N) is 2. The van der Waals surface area contributed by atoms with Crippen molar-refractivity contribution in [3.05, 3.63) is 88.2 Å². The molecule has 0 aliphatic rings. The molecule has 8 heteroatoms. The third-order valence-corrected chi connectivity index (χ3v) is 6.39. The summed E-state index contributed by atoms with van der Waals surface area (Å²) in [6.07, 6.45) is 0. The molecular weight excluding hydrogens is 460 g/mol. The number of fused-ring (bicyclic) bond motifs is 1. The lowest BCUT2D eigenvalue weighted by atomic mass is 10.1. The summed E-state index contributed by atoms with van der Waals surface area (Å²) in [6, 6.07) is 20.0. The highest BCUT2D eigenvalue weighted by molar-refractivity contribution is 8.00.